The quantitative estimate of drug-likeness (QED) is 0.418. The van der Waals surface area contributed by atoms with Crippen LogP contribution in [0.4, 0.5) is 4.39 Å². The van der Waals surface area contributed by atoms with Crippen LogP contribution >= 0.6 is 0 Å². The highest BCUT2D eigenvalue weighted by Crippen LogP contribution is 2.28. The van der Waals surface area contributed by atoms with Gasteiger partial charge in [-0.25, -0.2) is 4.39 Å². The zero-order chi connectivity index (χ0) is 16.7. The van der Waals surface area contributed by atoms with E-state index in [4.69, 9.17) is 4.74 Å². The van der Waals surface area contributed by atoms with E-state index in [1.54, 1.807) is 12.1 Å². The fourth-order valence-corrected chi connectivity index (χ4v) is 2.56. The molecule has 0 aliphatic carbocycles. The van der Waals surface area contributed by atoms with Crippen LogP contribution in [0, 0.1) is 5.82 Å². The molecule has 2 rings (SSSR count). The van der Waals surface area contributed by atoms with Gasteiger partial charge in [0.05, 0.1) is 6.61 Å². The van der Waals surface area contributed by atoms with Gasteiger partial charge in [0.15, 0.2) is 0 Å². The predicted molar refractivity (Wildman–Crippen MR) is 95.4 cm³/mol. The van der Waals surface area contributed by atoms with E-state index in [2.05, 4.69) is 26.5 Å². The van der Waals surface area contributed by atoms with Gasteiger partial charge >= 0.3 is 0 Å². The molecule has 23 heavy (non-hydrogen) atoms. The molecule has 0 aliphatic rings. The van der Waals surface area contributed by atoms with Gasteiger partial charge in [0.25, 0.3) is 0 Å². The summed E-state index contributed by atoms with van der Waals surface area (Å²) in [6.45, 7) is 8.80. The zero-order valence-electron chi connectivity index (χ0n) is 14.1. The van der Waals surface area contributed by atoms with E-state index in [0.717, 1.165) is 54.7 Å². The number of benzene rings is 2. The van der Waals surface area contributed by atoms with Crippen LogP contribution < -0.4 is 4.74 Å². The molecule has 0 fully saturated rings. The minimum absolute atomic E-state index is 0.210. The highest BCUT2D eigenvalue weighted by molar-refractivity contribution is 5.65. The molecule has 0 heterocycles. The molecular formula is C21H25FO. The largest absolute Gasteiger partial charge is 0.493 e. The standard InChI is InChI=1S/C21H25FO/c1-4-17-14-19(18-9-7-10-20(22)15-18)11-12-21(17)23-13-6-5-8-16(2)3/h7,9-12,14-15H,2,4-6,8,13H2,1,3H3. The second-order valence-electron chi connectivity index (χ2n) is 5.95. The van der Waals surface area contributed by atoms with Crippen molar-refractivity contribution in [1.82, 2.24) is 0 Å². The molecule has 0 amide bonds. The van der Waals surface area contributed by atoms with E-state index >= 15 is 0 Å². The molecule has 0 N–H and O–H groups in total. The van der Waals surface area contributed by atoms with Crippen molar-refractivity contribution < 1.29 is 9.13 Å². The van der Waals surface area contributed by atoms with Crippen LogP contribution in [0.3, 0.4) is 0 Å². The first kappa shape index (κ1) is 17.3. The summed E-state index contributed by atoms with van der Waals surface area (Å²) in [5.41, 5.74) is 4.30. The van der Waals surface area contributed by atoms with E-state index < -0.39 is 0 Å². The molecule has 0 atom stereocenters. The molecule has 0 spiro atoms. The molecule has 0 saturated heterocycles. The molecule has 0 saturated carbocycles. The van der Waals surface area contributed by atoms with Gasteiger partial charge in [0, 0.05) is 0 Å². The molecule has 2 heteroatoms. The number of ether oxygens (including phenoxy) is 1. The molecule has 0 radical (unpaired) electrons. The molecule has 122 valence electrons. The minimum atomic E-state index is -0.210. The van der Waals surface area contributed by atoms with Crippen LogP contribution in [0.2, 0.25) is 0 Å². The summed E-state index contributed by atoms with van der Waals surface area (Å²) in [4.78, 5) is 0. The fourth-order valence-electron chi connectivity index (χ4n) is 2.56. The van der Waals surface area contributed by atoms with Gasteiger partial charge in [-0.15, -0.1) is 6.58 Å². The highest BCUT2D eigenvalue weighted by atomic mass is 19.1. The van der Waals surface area contributed by atoms with Crippen LogP contribution in [0.1, 0.15) is 38.7 Å². The summed E-state index contributed by atoms with van der Waals surface area (Å²) in [6.07, 6.45) is 4.09. The molecule has 0 aromatic heterocycles. The lowest BCUT2D eigenvalue weighted by Crippen LogP contribution is -2.00. The Hall–Kier alpha value is -2.09. The summed E-state index contributed by atoms with van der Waals surface area (Å²) < 4.78 is 19.3. The third-order valence-electron chi connectivity index (χ3n) is 3.85. The third kappa shape index (κ3) is 5.24. The monoisotopic (exact) mass is 312 g/mol. The van der Waals surface area contributed by atoms with Crippen molar-refractivity contribution in [1.29, 1.82) is 0 Å². The van der Waals surface area contributed by atoms with Gasteiger partial charge < -0.3 is 4.74 Å². The maximum Gasteiger partial charge on any atom is 0.123 e. The van der Waals surface area contributed by atoms with Gasteiger partial charge in [-0.3, -0.25) is 0 Å². The maximum absolute atomic E-state index is 13.4. The summed E-state index contributed by atoms with van der Waals surface area (Å²) >= 11 is 0. The van der Waals surface area contributed by atoms with E-state index in [1.807, 2.05) is 18.2 Å². The topological polar surface area (TPSA) is 9.23 Å². The second kappa shape index (κ2) is 8.52. The predicted octanol–water partition coefficient (Wildman–Crippen LogP) is 6.18. The Balaban J connectivity index is 2.03. The zero-order valence-corrected chi connectivity index (χ0v) is 14.1. The summed E-state index contributed by atoms with van der Waals surface area (Å²) in [6, 6.07) is 12.8. The Kier molecular flexibility index (Phi) is 6.40. The van der Waals surface area contributed by atoms with Crippen molar-refractivity contribution in [3.63, 3.8) is 0 Å². The average molecular weight is 312 g/mol. The summed E-state index contributed by atoms with van der Waals surface area (Å²) in [7, 11) is 0. The Morgan fingerprint density at radius 2 is 1.87 bits per heavy atom. The number of aryl methyl sites for hydroxylation is 1. The maximum atomic E-state index is 13.4. The van der Waals surface area contributed by atoms with E-state index in [1.165, 1.54) is 11.6 Å². The lowest BCUT2D eigenvalue weighted by molar-refractivity contribution is 0.304. The Bertz CT molecular complexity index is 661. The molecule has 0 bridgehead atoms. The van der Waals surface area contributed by atoms with E-state index in [-0.39, 0.29) is 5.82 Å². The van der Waals surface area contributed by atoms with Crippen LogP contribution in [0.15, 0.2) is 54.6 Å². The first-order chi connectivity index (χ1) is 11.1. The molecule has 2 aromatic rings. The normalized spacial score (nSPS) is 10.6. The number of halogens is 1. The fraction of sp³-hybridized carbons (Fsp3) is 0.333. The number of allylic oxidation sites excluding steroid dienone is 1. The number of hydrogen-bond acceptors (Lipinski definition) is 1. The van der Waals surface area contributed by atoms with Crippen molar-refractivity contribution in [2.75, 3.05) is 6.61 Å². The highest BCUT2D eigenvalue weighted by Gasteiger charge is 2.06. The van der Waals surface area contributed by atoms with Crippen LogP contribution in [0.25, 0.3) is 11.1 Å². The molecule has 0 aliphatic heterocycles. The van der Waals surface area contributed by atoms with Crippen molar-refractivity contribution in [3.05, 3.63) is 66.0 Å². The van der Waals surface area contributed by atoms with Gasteiger partial charge in [0.1, 0.15) is 11.6 Å². The first-order valence-corrected chi connectivity index (χ1v) is 8.26. The SMILES string of the molecule is C=C(C)CCCCOc1ccc(-c2cccc(F)c2)cc1CC. The summed E-state index contributed by atoms with van der Waals surface area (Å²) in [5.74, 6) is 0.723. The number of hydrogen-bond donors (Lipinski definition) is 0. The number of rotatable bonds is 8. The van der Waals surface area contributed by atoms with Crippen molar-refractivity contribution in [2.45, 2.75) is 39.5 Å². The minimum Gasteiger partial charge on any atom is -0.493 e. The first-order valence-electron chi connectivity index (χ1n) is 8.26. The van der Waals surface area contributed by atoms with Crippen molar-refractivity contribution >= 4 is 0 Å². The second-order valence-corrected chi connectivity index (χ2v) is 5.95. The molecule has 0 unspecified atom stereocenters. The number of unbranched alkanes of at least 4 members (excludes halogenated alkanes) is 1. The van der Waals surface area contributed by atoms with Crippen LogP contribution in [-0.2, 0) is 6.42 Å². The van der Waals surface area contributed by atoms with Crippen LogP contribution in [0.5, 0.6) is 5.75 Å². The molecule has 2 aromatic carbocycles. The van der Waals surface area contributed by atoms with E-state index in [0.29, 0.717) is 0 Å². The Morgan fingerprint density at radius 1 is 1.09 bits per heavy atom. The lowest BCUT2D eigenvalue weighted by atomic mass is 10.0. The van der Waals surface area contributed by atoms with Crippen molar-refractivity contribution in [2.24, 2.45) is 0 Å². The Labute approximate surface area is 138 Å². The molecular weight excluding hydrogens is 287 g/mol. The smallest absolute Gasteiger partial charge is 0.123 e. The van der Waals surface area contributed by atoms with Crippen LogP contribution in [-0.4, -0.2) is 6.61 Å². The van der Waals surface area contributed by atoms with Gasteiger partial charge in [-0.1, -0.05) is 30.7 Å². The molecule has 1 nitrogen and oxygen atoms in total. The van der Waals surface area contributed by atoms with Gasteiger partial charge in [-0.05, 0) is 73.6 Å². The van der Waals surface area contributed by atoms with Gasteiger partial charge in [0.2, 0.25) is 0 Å². The van der Waals surface area contributed by atoms with Crippen molar-refractivity contribution in [3.8, 4) is 16.9 Å². The lowest BCUT2D eigenvalue weighted by Gasteiger charge is -2.12. The van der Waals surface area contributed by atoms with E-state index in [9.17, 15) is 4.39 Å². The third-order valence-corrected chi connectivity index (χ3v) is 3.85. The van der Waals surface area contributed by atoms with Gasteiger partial charge in [-0.2, -0.15) is 0 Å². The summed E-state index contributed by atoms with van der Waals surface area (Å²) in [5, 5.41) is 0. The Morgan fingerprint density at radius 3 is 2.57 bits per heavy atom. The average Bonchev–Trinajstić information content (AvgIpc) is 2.54.